The van der Waals surface area contributed by atoms with Gasteiger partial charge in [0, 0.05) is 0 Å². The maximum atomic E-state index is 5.78. The van der Waals surface area contributed by atoms with E-state index in [0.29, 0.717) is 0 Å². The van der Waals surface area contributed by atoms with Crippen molar-refractivity contribution in [3.05, 3.63) is 42.0 Å². The molecule has 2 aromatic carbocycles. The van der Waals surface area contributed by atoms with E-state index in [0.717, 1.165) is 30.6 Å². The number of benzene rings is 2. The Balaban J connectivity index is 1.46. The van der Waals surface area contributed by atoms with Gasteiger partial charge in [0.05, 0.1) is 6.61 Å². The van der Waals surface area contributed by atoms with Crippen molar-refractivity contribution in [1.29, 1.82) is 0 Å². The zero-order valence-electron chi connectivity index (χ0n) is 18.2. The third kappa shape index (κ3) is 6.26. The molecule has 2 aromatic rings. The van der Waals surface area contributed by atoms with Gasteiger partial charge in [0.2, 0.25) is 0 Å². The van der Waals surface area contributed by atoms with E-state index < -0.39 is 0 Å². The topological polar surface area (TPSA) is 9.23 Å². The van der Waals surface area contributed by atoms with E-state index in [4.69, 9.17) is 4.74 Å². The summed E-state index contributed by atoms with van der Waals surface area (Å²) in [7, 11) is 0. The molecule has 0 atom stereocenters. The van der Waals surface area contributed by atoms with Crippen molar-refractivity contribution in [2.24, 2.45) is 5.92 Å². The molecular formula is C27H40O. The van der Waals surface area contributed by atoms with Crippen LogP contribution in [-0.4, -0.2) is 6.61 Å². The first-order valence-electron chi connectivity index (χ1n) is 12.0. The summed E-state index contributed by atoms with van der Waals surface area (Å²) in [6.45, 7) is 5.24. The SMILES string of the molecule is CCCCCCCCC1CCC(c2ccc3cc(OCCC)ccc3c2)CC1. The number of unbranched alkanes of at least 4 members (excludes halogenated alkanes) is 5. The average Bonchev–Trinajstić information content (AvgIpc) is 2.74. The molecule has 0 aromatic heterocycles. The van der Waals surface area contributed by atoms with Gasteiger partial charge in [-0.2, -0.15) is 0 Å². The Labute approximate surface area is 172 Å². The van der Waals surface area contributed by atoms with Crippen LogP contribution in [0.1, 0.15) is 102 Å². The standard InChI is InChI=1S/C27H40O/c1-3-5-6-7-8-9-10-22-11-13-23(14-12-22)24-15-16-26-21-27(28-19-4-2)18-17-25(26)20-24/h15-18,20-23H,3-14,19H2,1-2H3. The van der Waals surface area contributed by atoms with Gasteiger partial charge < -0.3 is 4.74 Å². The third-order valence-electron chi connectivity index (χ3n) is 6.59. The van der Waals surface area contributed by atoms with Crippen LogP contribution < -0.4 is 4.74 Å². The van der Waals surface area contributed by atoms with Gasteiger partial charge in [-0.25, -0.2) is 0 Å². The number of ether oxygens (including phenoxy) is 1. The van der Waals surface area contributed by atoms with Crippen molar-refractivity contribution < 1.29 is 4.74 Å². The van der Waals surface area contributed by atoms with Crippen molar-refractivity contribution in [1.82, 2.24) is 0 Å². The largest absolute Gasteiger partial charge is 0.494 e. The molecule has 1 heteroatoms. The first-order chi connectivity index (χ1) is 13.8. The van der Waals surface area contributed by atoms with Gasteiger partial charge in [-0.05, 0) is 72.4 Å². The highest BCUT2D eigenvalue weighted by atomic mass is 16.5. The van der Waals surface area contributed by atoms with E-state index in [-0.39, 0.29) is 0 Å². The first-order valence-corrected chi connectivity index (χ1v) is 12.0. The van der Waals surface area contributed by atoms with Gasteiger partial charge in [0.25, 0.3) is 0 Å². The molecule has 0 unspecified atom stereocenters. The van der Waals surface area contributed by atoms with Crippen LogP contribution in [0.3, 0.4) is 0 Å². The van der Waals surface area contributed by atoms with Gasteiger partial charge in [0.15, 0.2) is 0 Å². The number of hydrogen-bond acceptors (Lipinski definition) is 1. The van der Waals surface area contributed by atoms with E-state index in [1.165, 1.54) is 81.4 Å². The predicted octanol–water partition coefficient (Wildman–Crippen LogP) is 8.65. The molecular weight excluding hydrogens is 340 g/mol. The third-order valence-corrected chi connectivity index (χ3v) is 6.59. The van der Waals surface area contributed by atoms with Crippen molar-refractivity contribution >= 4 is 10.8 Å². The van der Waals surface area contributed by atoms with E-state index >= 15 is 0 Å². The first kappa shape index (κ1) is 21.2. The van der Waals surface area contributed by atoms with Crippen LogP contribution in [-0.2, 0) is 0 Å². The van der Waals surface area contributed by atoms with Gasteiger partial charge in [-0.1, -0.05) is 83.1 Å². The molecule has 0 spiro atoms. The minimum absolute atomic E-state index is 0.765. The minimum atomic E-state index is 0.765. The molecule has 0 aliphatic heterocycles. The molecule has 1 aliphatic rings. The molecule has 0 heterocycles. The predicted molar refractivity (Wildman–Crippen MR) is 122 cm³/mol. The quantitative estimate of drug-likeness (QED) is 0.354. The zero-order valence-corrected chi connectivity index (χ0v) is 18.2. The summed E-state index contributed by atoms with van der Waals surface area (Å²) in [5.74, 6) is 2.75. The summed E-state index contributed by atoms with van der Waals surface area (Å²) in [6, 6.07) is 13.6. The van der Waals surface area contributed by atoms with Crippen LogP contribution >= 0.6 is 0 Å². The van der Waals surface area contributed by atoms with Crippen molar-refractivity contribution in [3.8, 4) is 5.75 Å². The van der Waals surface area contributed by atoms with Crippen LogP contribution in [0.25, 0.3) is 10.8 Å². The van der Waals surface area contributed by atoms with E-state index in [1.807, 2.05) is 0 Å². The smallest absolute Gasteiger partial charge is 0.119 e. The zero-order chi connectivity index (χ0) is 19.6. The molecule has 1 nitrogen and oxygen atoms in total. The molecule has 1 saturated carbocycles. The monoisotopic (exact) mass is 380 g/mol. The fraction of sp³-hybridized carbons (Fsp3) is 0.630. The summed E-state index contributed by atoms with van der Waals surface area (Å²) >= 11 is 0. The highest BCUT2D eigenvalue weighted by Crippen LogP contribution is 2.38. The molecule has 28 heavy (non-hydrogen) atoms. The Bertz CT molecular complexity index is 696. The van der Waals surface area contributed by atoms with E-state index in [9.17, 15) is 0 Å². The number of rotatable bonds is 11. The maximum absolute atomic E-state index is 5.78. The summed E-state index contributed by atoms with van der Waals surface area (Å²) in [5.41, 5.74) is 1.55. The van der Waals surface area contributed by atoms with Gasteiger partial charge in [-0.15, -0.1) is 0 Å². The van der Waals surface area contributed by atoms with Crippen molar-refractivity contribution in [2.75, 3.05) is 6.61 Å². The second kappa shape index (κ2) is 11.5. The maximum Gasteiger partial charge on any atom is 0.119 e. The molecule has 0 saturated heterocycles. The van der Waals surface area contributed by atoms with Crippen molar-refractivity contribution in [3.63, 3.8) is 0 Å². The number of hydrogen-bond donors (Lipinski definition) is 0. The Morgan fingerprint density at radius 1 is 0.750 bits per heavy atom. The van der Waals surface area contributed by atoms with Crippen LogP contribution in [0.15, 0.2) is 36.4 Å². The molecule has 0 bridgehead atoms. The molecule has 0 N–H and O–H groups in total. The Kier molecular flexibility index (Phi) is 8.70. The Morgan fingerprint density at radius 3 is 2.25 bits per heavy atom. The van der Waals surface area contributed by atoms with Crippen molar-refractivity contribution in [2.45, 2.75) is 96.8 Å². The van der Waals surface area contributed by atoms with Crippen LogP contribution in [0.4, 0.5) is 0 Å². The fourth-order valence-electron chi connectivity index (χ4n) is 4.80. The lowest BCUT2D eigenvalue weighted by Gasteiger charge is -2.29. The molecule has 3 rings (SSSR count). The second-order valence-corrected chi connectivity index (χ2v) is 8.89. The summed E-state index contributed by atoms with van der Waals surface area (Å²) in [4.78, 5) is 0. The summed E-state index contributed by atoms with van der Waals surface area (Å²) in [5, 5.41) is 2.66. The van der Waals surface area contributed by atoms with Gasteiger partial charge in [0.1, 0.15) is 5.75 Å². The van der Waals surface area contributed by atoms with E-state index in [2.05, 4.69) is 50.2 Å². The van der Waals surface area contributed by atoms with Crippen LogP contribution in [0, 0.1) is 5.92 Å². The van der Waals surface area contributed by atoms with Gasteiger partial charge in [-0.3, -0.25) is 0 Å². The second-order valence-electron chi connectivity index (χ2n) is 8.89. The fourth-order valence-corrected chi connectivity index (χ4v) is 4.80. The molecule has 1 fully saturated rings. The summed E-state index contributed by atoms with van der Waals surface area (Å²) < 4.78 is 5.78. The molecule has 1 aliphatic carbocycles. The highest BCUT2D eigenvalue weighted by molar-refractivity contribution is 5.84. The lowest BCUT2D eigenvalue weighted by molar-refractivity contribution is 0.302. The minimum Gasteiger partial charge on any atom is -0.494 e. The van der Waals surface area contributed by atoms with Crippen LogP contribution in [0.5, 0.6) is 5.75 Å². The van der Waals surface area contributed by atoms with Gasteiger partial charge >= 0.3 is 0 Å². The Morgan fingerprint density at radius 2 is 1.46 bits per heavy atom. The highest BCUT2D eigenvalue weighted by Gasteiger charge is 2.22. The molecule has 0 radical (unpaired) electrons. The lowest BCUT2D eigenvalue weighted by Crippen LogP contribution is -2.13. The number of fused-ring (bicyclic) bond motifs is 1. The average molecular weight is 381 g/mol. The summed E-state index contributed by atoms with van der Waals surface area (Å²) in [6.07, 6.45) is 16.7. The lowest BCUT2D eigenvalue weighted by atomic mass is 9.76. The molecule has 0 amide bonds. The molecule has 154 valence electrons. The Hall–Kier alpha value is -1.50. The van der Waals surface area contributed by atoms with E-state index in [1.54, 1.807) is 5.56 Å². The normalized spacial score (nSPS) is 19.8. The van der Waals surface area contributed by atoms with Crippen LogP contribution in [0.2, 0.25) is 0 Å².